The molecule has 126 valence electrons. The maximum absolute atomic E-state index is 10.8. The average molecular weight is 323 g/mol. The van der Waals surface area contributed by atoms with E-state index in [0.29, 0.717) is 25.3 Å². The minimum absolute atomic E-state index is 0.388. The fourth-order valence-corrected chi connectivity index (χ4v) is 2.72. The topological polar surface area (TPSA) is 70.2 Å². The zero-order chi connectivity index (χ0) is 17.4. The third kappa shape index (κ3) is 4.77. The molecule has 0 saturated heterocycles. The van der Waals surface area contributed by atoms with Gasteiger partial charge in [0, 0.05) is 19.5 Å². The highest BCUT2D eigenvalue weighted by Gasteiger charge is 2.06. The first-order valence-electron chi connectivity index (χ1n) is 8.35. The largest absolute Gasteiger partial charge is 0.326 e. The zero-order valence-electron chi connectivity index (χ0n) is 14.2. The first kappa shape index (κ1) is 17.9. The molecule has 0 aliphatic rings. The van der Waals surface area contributed by atoms with Gasteiger partial charge >= 0.3 is 0 Å². The van der Waals surface area contributed by atoms with Crippen molar-refractivity contribution in [2.24, 2.45) is 5.73 Å². The lowest BCUT2D eigenvalue weighted by molar-refractivity contribution is -0.114. The van der Waals surface area contributed by atoms with Crippen LogP contribution in [0.2, 0.25) is 0 Å². The highest BCUT2D eigenvalue weighted by atomic mass is 16.1. The van der Waals surface area contributed by atoms with Gasteiger partial charge in [0.1, 0.15) is 5.84 Å². The normalized spacial score (nSPS) is 10.4. The van der Waals surface area contributed by atoms with E-state index in [2.05, 4.69) is 36.4 Å². The van der Waals surface area contributed by atoms with Gasteiger partial charge in [-0.15, -0.1) is 0 Å². The fraction of sp³-hybridized carbons (Fsp3) is 0.300. The summed E-state index contributed by atoms with van der Waals surface area (Å²) in [5.74, 6) is 0.388. The predicted octanol–water partition coefficient (Wildman–Crippen LogP) is 3.59. The second-order valence-electron chi connectivity index (χ2n) is 5.80. The second kappa shape index (κ2) is 8.99. The van der Waals surface area contributed by atoms with Crippen molar-refractivity contribution in [3.05, 3.63) is 59.7 Å². The summed E-state index contributed by atoms with van der Waals surface area (Å²) < 4.78 is 0. The second-order valence-corrected chi connectivity index (χ2v) is 5.80. The van der Waals surface area contributed by atoms with E-state index >= 15 is 0 Å². The number of aryl methyl sites for hydroxylation is 1. The van der Waals surface area contributed by atoms with Crippen LogP contribution in [0.3, 0.4) is 0 Å². The first-order chi connectivity index (χ1) is 11.7. The first-order valence-corrected chi connectivity index (χ1v) is 8.35. The molecule has 0 aromatic heterocycles. The van der Waals surface area contributed by atoms with Gasteiger partial charge in [0.25, 0.3) is 0 Å². The summed E-state index contributed by atoms with van der Waals surface area (Å²) in [4.78, 5) is 12.3. The molecular formula is C20H25N3O. The summed E-state index contributed by atoms with van der Waals surface area (Å²) in [6.45, 7) is 2.97. The van der Waals surface area contributed by atoms with Gasteiger partial charge in [-0.3, -0.25) is 10.2 Å². The van der Waals surface area contributed by atoms with E-state index < -0.39 is 0 Å². The molecule has 0 fully saturated rings. The van der Waals surface area contributed by atoms with Crippen molar-refractivity contribution in [3.8, 4) is 11.1 Å². The lowest BCUT2D eigenvalue weighted by atomic mass is 9.99. The van der Waals surface area contributed by atoms with Crippen LogP contribution >= 0.6 is 0 Å². The molecule has 0 radical (unpaired) electrons. The summed E-state index contributed by atoms with van der Waals surface area (Å²) >= 11 is 0. The molecule has 0 saturated carbocycles. The Labute approximate surface area is 143 Å². The van der Waals surface area contributed by atoms with Crippen LogP contribution in [0.1, 0.15) is 30.9 Å². The molecule has 1 amide bonds. The van der Waals surface area contributed by atoms with E-state index in [1.807, 2.05) is 19.1 Å². The number of nitrogens with two attached hydrogens (primary N) is 1. The fourth-order valence-electron chi connectivity index (χ4n) is 2.72. The number of amides is 1. The molecule has 2 aromatic rings. The Morgan fingerprint density at radius 2 is 1.75 bits per heavy atom. The number of hydrogen-bond acceptors (Lipinski definition) is 3. The Morgan fingerprint density at radius 1 is 1.12 bits per heavy atom. The third-order valence-corrected chi connectivity index (χ3v) is 4.12. The monoisotopic (exact) mass is 323 g/mol. The summed E-state index contributed by atoms with van der Waals surface area (Å²) in [5.41, 5.74) is 10.4. The SMILES string of the molecule is CCN(C=O)C(=N)CCCc1cccc(-c2cccc(CN)c2)c1. The smallest absolute Gasteiger partial charge is 0.215 e. The lowest BCUT2D eigenvalue weighted by Crippen LogP contribution is -2.28. The highest BCUT2D eigenvalue weighted by molar-refractivity contribution is 5.88. The molecule has 2 rings (SSSR count). The Bertz CT molecular complexity index is 697. The van der Waals surface area contributed by atoms with Crippen molar-refractivity contribution in [1.82, 2.24) is 4.90 Å². The van der Waals surface area contributed by atoms with Crippen LogP contribution in [-0.2, 0) is 17.8 Å². The van der Waals surface area contributed by atoms with Crippen LogP contribution in [0.4, 0.5) is 0 Å². The third-order valence-electron chi connectivity index (χ3n) is 4.12. The highest BCUT2D eigenvalue weighted by Crippen LogP contribution is 2.22. The van der Waals surface area contributed by atoms with Crippen LogP contribution in [0.15, 0.2) is 48.5 Å². The van der Waals surface area contributed by atoms with E-state index in [-0.39, 0.29) is 0 Å². The van der Waals surface area contributed by atoms with Crippen molar-refractivity contribution < 1.29 is 4.79 Å². The van der Waals surface area contributed by atoms with Crippen molar-refractivity contribution in [2.75, 3.05) is 6.54 Å². The average Bonchev–Trinajstić information content (AvgIpc) is 2.63. The zero-order valence-corrected chi connectivity index (χ0v) is 14.2. The minimum Gasteiger partial charge on any atom is -0.326 e. The number of amidine groups is 1. The summed E-state index contributed by atoms with van der Waals surface area (Å²) in [6.07, 6.45) is 3.09. The molecular weight excluding hydrogens is 298 g/mol. The number of carbonyl (C=O) groups is 1. The van der Waals surface area contributed by atoms with Crippen LogP contribution in [-0.4, -0.2) is 23.7 Å². The maximum Gasteiger partial charge on any atom is 0.215 e. The molecule has 3 N–H and O–H groups in total. The number of rotatable bonds is 8. The number of nitrogens with zero attached hydrogens (tertiary/aromatic N) is 1. The van der Waals surface area contributed by atoms with Crippen LogP contribution in [0, 0.1) is 5.41 Å². The lowest BCUT2D eigenvalue weighted by Gasteiger charge is -2.15. The predicted molar refractivity (Wildman–Crippen MR) is 98.9 cm³/mol. The van der Waals surface area contributed by atoms with Crippen LogP contribution in [0.5, 0.6) is 0 Å². The molecule has 0 heterocycles. The molecule has 0 bridgehead atoms. The summed E-state index contributed by atoms with van der Waals surface area (Å²) in [7, 11) is 0. The Morgan fingerprint density at radius 3 is 2.33 bits per heavy atom. The number of carbonyl (C=O) groups excluding carboxylic acids is 1. The van der Waals surface area contributed by atoms with E-state index in [1.165, 1.54) is 21.6 Å². The van der Waals surface area contributed by atoms with E-state index in [1.54, 1.807) is 0 Å². The van der Waals surface area contributed by atoms with Crippen molar-refractivity contribution >= 4 is 12.2 Å². The van der Waals surface area contributed by atoms with Crippen molar-refractivity contribution in [3.63, 3.8) is 0 Å². The molecule has 24 heavy (non-hydrogen) atoms. The molecule has 4 heteroatoms. The van der Waals surface area contributed by atoms with Gasteiger partial charge in [-0.2, -0.15) is 0 Å². The number of benzene rings is 2. The Hall–Kier alpha value is -2.46. The Kier molecular flexibility index (Phi) is 6.70. The van der Waals surface area contributed by atoms with Gasteiger partial charge in [-0.25, -0.2) is 0 Å². The maximum atomic E-state index is 10.8. The minimum atomic E-state index is 0.388. The van der Waals surface area contributed by atoms with E-state index in [0.717, 1.165) is 24.8 Å². The van der Waals surface area contributed by atoms with Crippen molar-refractivity contribution in [1.29, 1.82) is 5.41 Å². The molecule has 0 aliphatic carbocycles. The summed E-state index contributed by atoms with van der Waals surface area (Å²) in [5, 5.41) is 7.92. The van der Waals surface area contributed by atoms with E-state index in [9.17, 15) is 4.79 Å². The quantitative estimate of drug-likeness (QED) is 0.443. The molecule has 0 atom stereocenters. The van der Waals surface area contributed by atoms with Gasteiger partial charge in [0.05, 0.1) is 0 Å². The van der Waals surface area contributed by atoms with Crippen LogP contribution in [0.25, 0.3) is 11.1 Å². The molecule has 0 aliphatic heterocycles. The standard InChI is InChI=1S/C20H25N3O/c1-2-23(15-24)20(22)11-5-7-16-6-3-9-18(12-16)19-10-4-8-17(13-19)14-21/h3-4,6,8-10,12-13,15,22H,2,5,7,11,14,21H2,1H3. The summed E-state index contributed by atoms with van der Waals surface area (Å²) in [6, 6.07) is 16.7. The molecule has 2 aromatic carbocycles. The van der Waals surface area contributed by atoms with Crippen LogP contribution < -0.4 is 5.73 Å². The van der Waals surface area contributed by atoms with Gasteiger partial charge < -0.3 is 10.6 Å². The van der Waals surface area contributed by atoms with E-state index in [4.69, 9.17) is 11.1 Å². The number of nitrogens with one attached hydrogen (secondary N) is 1. The van der Waals surface area contributed by atoms with Gasteiger partial charge in [0.15, 0.2) is 0 Å². The van der Waals surface area contributed by atoms with Gasteiger partial charge in [0.2, 0.25) is 6.41 Å². The van der Waals surface area contributed by atoms with Gasteiger partial charge in [-0.05, 0) is 48.1 Å². The molecule has 0 spiro atoms. The Balaban J connectivity index is 2.00. The molecule has 4 nitrogen and oxygen atoms in total. The molecule has 0 unspecified atom stereocenters. The van der Waals surface area contributed by atoms with Gasteiger partial charge in [-0.1, -0.05) is 42.5 Å². The van der Waals surface area contributed by atoms with Crippen molar-refractivity contribution in [2.45, 2.75) is 32.7 Å². The number of hydrogen-bond donors (Lipinski definition) is 2.